The molecule has 7 heteroatoms. The molecule has 2 aromatic carbocycles. The van der Waals surface area contributed by atoms with Crippen LogP contribution in [0.4, 0.5) is 0 Å². The minimum absolute atomic E-state index is 0.0401. The summed E-state index contributed by atoms with van der Waals surface area (Å²) in [6, 6.07) is 11.4. The molecule has 0 aromatic heterocycles. The molecule has 0 spiro atoms. The van der Waals surface area contributed by atoms with Gasteiger partial charge in [0.1, 0.15) is 6.61 Å². The predicted molar refractivity (Wildman–Crippen MR) is 86.3 cm³/mol. The third-order valence-corrected chi connectivity index (χ3v) is 3.57. The number of benzene rings is 2. The fraction of sp³-hybridized carbons (Fsp3) is 0.222. The van der Waals surface area contributed by atoms with Crippen molar-refractivity contribution in [1.29, 1.82) is 0 Å². The highest BCUT2D eigenvalue weighted by Crippen LogP contribution is 2.32. The van der Waals surface area contributed by atoms with Crippen LogP contribution in [0.5, 0.6) is 23.0 Å². The lowest BCUT2D eigenvalue weighted by Crippen LogP contribution is -2.39. The second-order valence-corrected chi connectivity index (χ2v) is 5.14. The number of carbonyl (C=O) groups excluding carboxylic acids is 2. The minimum Gasteiger partial charge on any atom is -0.493 e. The quantitative estimate of drug-likeness (QED) is 0.621. The molecule has 2 aromatic rings. The molecule has 0 amide bonds. The Morgan fingerprint density at radius 1 is 1.04 bits per heavy atom. The lowest BCUT2D eigenvalue weighted by molar-refractivity contribution is -0.144. The number of ether oxygens (including phenoxy) is 5. The number of carbonyl (C=O) groups is 2. The minimum atomic E-state index is -0.903. The molecule has 0 radical (unpaired) electrons. The Labute approximate surface area is 144 Å². The predicted octanol–water partition coefficient (Wildman–Crippen LogP) is 2.23. The average molecular weight is 344 g/mol. The van der Waals surface area contributed by atoms with Gasteiger partial charge in [-0.2, -0.15) is 0 Å². The Kier molecular flexibility index (Phi) is 4.74. The number of hydrogen-bond donors (Lipinski definition) is 0. The molecule has 0 fully saturated rings. The maximum absolute atomic E-state index is 12.3. The monoisotopic (exact) mass is 344 g/mol. The van der Waals surface area contributed by atoms with Gasteiger partial charge in [-0.15, -0.1) is 0 Å². The summed E-state index contributed by atoms with van der Waals surface area (Å²) in [5.74, 6) is 0.307. The highest BCUT2D eigenvalue weighted by Gasteiger charge is 2.29. The Hall–Kier alpha value is -3.22. The zero-order valence-corrected chi connectivity index (χ0v) is 13.7. The normalized spacial score (nSPS) is 15.2. The van der Waals surface area contributed by atoms with E-state index in [4.69, 9.17) is 18.9 Å². The number of methoxy groups -OCH3 is 2. The third-order valence-electron chi connectivity index (χ3n) is 3.57. The summed E-state index contributed by atoms with van der Waals surface area (Å²) in [6.07, 6.45) is -0.903. The van der Waals surface area contributed by atoms with Crippen LogP contribution in [-0.2, 0) is 9.53 Å². The number of esters is 2. The van der Waals surface area contributed by atoms with Gasteiger partial charge in [0.25, 0.3) is 0 Å². The molecule has 1 aliphatic heterocycles. The molecule has 3 rings (SSSR count). The second kappa shape index (κ2) is 7.12. The van der Waals surface area contributed by atoms with Gasteiger partial charge in [0.2, 0.25) is 6.10 Å². The van der Waals surface area contributed by atoms with Crippen molar-refractivity contribution in [1.82, 2.24) is 0 Å². The fourth-order valence-electron chi connectivity index (χ4n) is 2.31. The highest BCUT2D eigenvalue weighted by atomic mass is 16.6. The van der Waals surface area contributed by atoms with Crippen LogP contribution in [0.1, 0.15) is 10.4 Å². The van der Waals surface area contributed by atoms with Gasteiger partial charge >= 0.3 is 11.9 Å². The summed E-state index contributed by atoms with van der Waals surface area (Å²) in [6.45, 7) is 0.0401. The van der Waals surface area contributed by atoms with Crippen LogP contribution in [0, 0.1) is 0 Å². The molecule has 0 saturated heterocycles. The first-order valence-corrected chi connectivity index (χ1v) is 7.49. The van der Waals surface area contributed by atoms with E-state index in [1.54, 1.807) is 18.2 Å². The van der Waals surface area contributed by atoms with Gasteiger partial charge in [0.15, 0.2) is 23.0 Å². The van der Waals surface area contributed by atoms with Crippen molar-refractivity contribution in [2.24, 2.45) is 0 Å². The van der Waals surface area contributed by atoms with E-state index < -0.39 is 18.0 Å². The summed E-state index contributed by atoms with van der Waals surface area (Å²) in [5.41, 5.74) is 0.283. The topological polar surface area (TPSA) is 80.3 Å². The van der Waals surface area contributed by atoms with Crippen LogP contribution in [0.3, 0.4) is 0 Å². The standard InChI is InChI=1S/C18H16O7/c1-21-15-9-11(17(19)22-2)7-8-14(15)25-18(20)16-10-23-12-5-3-4-6-13(12)24-16/h3-9,16H,10H2,1-2H3/t16-/m1/s1. The Bertz CT molecular complexity index is 800. The van der Waals surface area contributed by atoms with Crippen LogP contribution in [-0.4, -0.2) is 38.9 Å². The molecule has 0 saturated carbocycles. The van der Waals surface area contributed by atoms with Crippen molar-refractivity contribution >= 4 is 11.9 Å². The van der Waals surface area contributed by atoms with E-state index in [9.17, 15) is 9.59 Å². The van der Waals surface area contributed by atoms with Crippen molar-refractivity contribution in [3.8, 4) is 23.0 Å². The van der Waals surface area contributed by atoms with E-state index in [1.807, 2.05) is 6.07 Å². The van der Waals surface area contributed by atoms with Gasteiger partial charge < -0.3 is 23.7 Å². The summed E-state index contributed by atoms with van der Waals surface area (Å²) in [4.78, 5) is 23.9. The van der Waals surface area contributed by atoms with Gasteiger partial charge in [-0.3, -0.25) is 0 Å². The van der Waals surface area contributed by atoms with Gasteiger partial charge in [0, 0.05) is 0 Å². The first kappa shape index (κ1) is 16.6. The van der Waals surface area contributed by atoms with Crippen molar-refractivity contribution < 1.29 is 33.3 Å². The first-order chi connectivity index (χ1) is 12.1. The lowest BCUT2D eigenvalue weighted by Gasteiger charge is -2.25. The number of para-hydroxylation sites is 2. The summed E-state index contributed by atoms with van der Waals surface area (Å²) >= 11 is 0. The Morgan fingerprint density at radius 3 is 2.52 bits per heavy atom. The molecule has 1 heterocycles. The molecule has 130 valence electrons. The summed E-state index contributed by atoms with van der Waals surface area (Å²) in [5, 5.41) is 0. The van der Waals surface area contributed by atoms with Gasteiger partial charge in [-0.1, -0.05) is 12.1 Å². The zero-order chi connectivity index (χ0) is 17.8. The van der Waals surface area contributed by atoms with Crippen molar-refractivity contribution in [3.05, 3.63) is 48.0 Å². The number of fused-ring (bicyclic) bond motifs is 1. The molecule has 25 heavy (non-hydrogen) atoms. The lowest BCUT2D eigenvalue weighted by atomic mass is 10.2. The smallest absolute Gasteiger partial charge is 0.356 e. The van der Waals surface area contributed by atoms with Crippen molar-refractivity contribution in [3.63, 3.8) is 0 Å². The SMILES string of the molecule is COC(=O)c1ccc(OC(=O)[C@H]2COc3ccccc3O2)c(OC)c1. The Morgan fingerprint density at radius 2 is 1.80 bits per heavy atom. The third kappa shape index (κ3) is 3.50. The maximum atomic E-state index is 12.3. The first-order valence-electron chi connectivity index (χ1n) is 7.49. The molecule has 1 aliphatic rings. The molecular formula is C18H16O7. The summed E-state index contributed by atoms with van der Waals surface area (Å²) < 4.78 is 26.3. The zero-order valence-electron chi connectivity index (χ0n) is 13.7. The van der Waals surface area contributed by atoms with E-state index in [0.717, 1.165) is 0 Å². The van der Waals surface area contributed by atoms with Crippen LogP contribution in [0.2, 0.25) is 0 Å². The van der Waals surface area contributed by atoms with E-state index in [2.05, 4.69) is 4.74 Å². The van der Waals surface area contributed by atoms with Gasteiger partial charge in [-0.25, -0.2) is 9.59 Å². The molecule has 1 atom stereocenters. The van der Waals surface area contributed by atoms with Gasteiger partial charge in [0.05, 0.1) is 19.8 Å². The van der Waals surface area contributed by atoms with Crippen LogP contribution in [0.25, 0.3) is 0 Å². The van der Waals surface area contributed by atoms with E-state index >= 15 is 0 Å². The van der Waals surface area contributed by atoms with Crippen LogP contribution in [0.15, 0.2) is 42.5 Å². The summed E-state index contributed by atoms with van der Waals surface area (Å²) in [7, 11) is 2.69. The molecule has 0 N–H and O–H groups in total. The van der Waals surface area contributed by atoms with Gasteiger partial charge in [-0.05, 0) is 30.3 Å². The van der Waals surface area contributed by atoms with Crippen LogP contribution < -0.4 is 18.9 Å². The molecular weight excluding hydrogens is 328 g/mol. The molecule has 0 aliphatic carbocycles. The van der Waals surface area contributed by atoms with E-state index in [-0.39, 0.29) is 23.7 Å². The number of hydrogen-bond acceptors (Lipinski definition) is 7. The van der Waals surface area contributed by atoms with Crippen LogP contribution >= 0.6 is 0 Å². The molecule has 0 bridgehead atoms. The second-order valence-electron chi connectivity index (χ2n) is 5.14. The maximum Gasteiger partial charge on any atom is 0.356 e. The number of rotatable bonds is 4. The van der Waals surface area contributed by atoms with Crippen molar-refractivity contribution in [2.45, 2.75) is 6.10 Å². The Balaban J connectivity index is 1.74. The van der Waals surface area contributed by atoms with E-state index in [0.29, 0.717) is 11.5 Å². The largest absolute Gasteiger partial charge is 0.493 e. The molecule has 0 unspecified atom stereocenters. The van der Waals surface area contributed by atoms with Crippen molar-refractivity contribution in [2.75, 3.05) is 20.8 Å². The van der Waals surface area contributed by atoms with E-state index in [1.165, 1.54) is 32.4 Å². The molecule has 7 nitrogen and oxygen atoms in total. The average Bonchev–Trinajstić information content (AvgIpc) is 2.67. The fourth-order valence-corrected chi connectivity index (χ4v) is 2.31. The highest BCUT2D eigenvalue weighted by molar-refractivity contribution is 5.90.